The number of aryl methyl sites for hydroxylation is 1. The van der Waals surface area contributed by atoms with E-state index in [9.17, 15) is 0 Å². The minimum Gasteiger partial charge on any atom is -0.409 e. The quantitative estimate of drug-likeness (QED) is 0.316. The van der Waals surface area contributed by atoms with Gasteiger partial charge in [-0.05, 0) is 51.0 Å². The van der Waals surface area contributed by atoms with E-state index < -0.39 is 0 Å². The molecule has 19 heavy (non-hydrogen) atoms. The fraction of sp³-hybridized carbons (Fsp3) is 0.500. The molecule has 106 valence electrons. The summed E-state index contributed by atoms with van der Waals surface area (Å²) in [5.74, 6) is 0.121. The second-order valence-electron chi connectivity index (χ2n) is 4.85. The van der Waals surface area contributed by atoms with Gasteiger partial charge in [-0.2, -0.15) is 0 Å². The predicted molar refractivity (Wildman–Crippen MR) is 77.9 cm³/mol. The summed E-state index contributed by atoms with van der Waals surface area (Å²) in [7, 11) is 0. The van der Waals surface area contributed by atoms with Crippen LogP contribution in [0.4, 0.5) is 5.69 Å². The van der Waals surface area contributed by atoms with Crippen LogP contribution in [0.5, 0.6) is 0 Å². The summed E-state index contributed by atoms with van der Waals surface area (Å²) in [6, 6.07) is 6.18. The smallest absolute Gasteiger partial charge is 0.170 e. The van der Waals surface area contributed by atoms with Crippen molar-refractivity contribution in [2.75, 3.05) is 18.1 Å². The number of oxime groups is 1. The largest absolute Gasteiger partial charge is 0.409 e. The standard InChI is InChI=1S/C14H23N3O2/c1-10(2)17(7-4-8-18)12-5-6-13(11(3)9-12)14(15)16-19/h5-6,9-10,18-19H,4,7-8H2,1-3H3,(H2,15,16). The van der Waals surface area contributed by atoms with Gasteiger partial charge in [-0.25, -0.2) is 0 Å². The Morgan fingerprint density at radius 2 is 2.11 bits per heavy atom. The number of nitrogens with zero attached hydrogens (tertiary/aromatic N) is 2. The van der Waals surface area contributed by atoms with Crippen LogP contribution in [-0.4, -0.2) is 35.3 Å². The molecule has 5 heteroatoms. The van der Waals surface area contributed by atoms with Gasteiger partial charge in [-0.1, -0.05) is 5.16 Å². The highest BCUT2D eigenvalue weighted by molar-refractivity contribution is 5.98. The average Bonchev–Trinajstić information content (AvgIpc) is 2.38. The number of amidine groups is 1. The van der Waals surface area contributed by atoms with Crippen molar-refractivity contribution in [3.05, 3.63) is 29.3 Å². The lowest BCUT2D eigenvalue weighted by Crippen LogP contribution is -2.32. The molecule has 0 atom stereocenters. The van der Waals surface area contributed by atoms with Gasteiger partial charge in [0.2, 0.25) is 0 Å². The minimum atomic E-state index is 0.121. The van der Waals surface area contributed by atoms with Gasteiger partial charge in [0.15, 0.2) is 5.84 Å². The predicted octanol–water partition coefficient (Wildman–Crippen LogP) is 1.69. The molecule has 0 aromatic heterocycles. The fourth-order valence-electron chi connectivity index (χ4n) is 2.09. The van der Waals surface area contributed by atoms with Crippen LogP contribution in [0.3, 0.4) is 0 Å². The zero-order chi connectivity index (χ0) is 14.4. The molecular weight excluding hydrogens is 242 g/mol. The Kier molecular flexibility index (Phi) is 5.63. The third kappa shape index (κ3) is 3.86. The van der Waals surface area contributed by atoms with Gasteiger partial charge in [0.25, 0.3) is 0 Å². The molecule has 0 saturated carbocycles. The van der Waals surface area contributed by atoms with Gasteiger partial charge in [0, 0.05) is 30.4 Å². The lowest BCUT2D eigenvalue weighted by molar-refractivity contribution is 0.288. The third-order valence-corrected chi connectivity index (χ3v) is 3.11. The number of nitrogens with two attached hydrogens (primary N) is 1. The first-order valence-electron chi connectivity index (χ1n) is 6.47. The van der Waals surface area contributed by atoms with Crippen molar-refractivity contribution < 1.29 is 10.3 Å². The van der Waals surface area contributed by atoms with E-state index in [1.165, 1.54) is 0 Å². The van der Waals surface area contributed by atoms with Crippen molar-refractivity contribution in [2.24, 2.45) is 10.9 Å². The molecule has 5 nitrogen and oxygen atoms in total. The third-order valence-electron chi connectivity index (χ3n) is 3.11. The van der Waals surface area contributed by atoms with E-state index >= 15 is 0 Å². The van der Waals surface area contributed by atoms with Crippen LogP contribution in [0.25, 0.3) is 0 Å². The van der Waals surface area contributed by atoms with Crippen molar-refractivity contribution in [3.63, 3.8) is 0 Å². The maximum atomic E-state index is 8.96. The Hall–Kier alpha value is -1.75. The maximum absolute atomic E-state index is 8.96. The zero-order valence-electron chi connectivity index (χ0n) is 11.8. The van der Waals surface area contributed by atoms with E-state index in [2.05, 4.69) is 23.9 Å². The molecule has 4 N–H and O–H groups in total. The molecule has 0 radical (unpaired) electrons. The van der Waals surface area contributed by atoms with E-state index in [0.717, 1.165) is 29.8 Å². The molecule has 0 bridgehead atoms. The molecular formula is C14H23N3O2. The minimum absolute atomic E-state index is 0.121. The molecule has 0 aliphatic rings. The van der Waals surface area contributed by atoms with Crippen LogP contribution < -0.4 is 10.6 Å². The summed E-state index contributed by atoms with van der Waals surface area (Å²) >= 11 is 0. The first kappa shape index (κ1) is 15.3. The molecule has 0 unspecified atom stereocenters. The van der Waals surface area contributed by atoms with Crippen LogP contribution in [0.1, 0.15) is 31.4 Å². The Morgan fingerprint density at radius 3 is 2.58 bits per heavy atom. The molecule has 0 aliphatic heterocycles. The zero-order valence-corrected chi connectivity index (χ0v) is 11.8. The van der Waals surface area contributed by atoms with Gasteiger partial charge in [0.05, 0.1) is 0 Å². The van der Waals surface area contributed by atoms with E-state index in [-0.39, 0.29) is 12.4 Å². The molecule has 1 aromatic carbocycles. The molecule has 0 saturated heterocycles. The molecule has 1 rings (SSSR count). The van der Waals surface area contributed by atoms with E-state index in [1.807, 2.05) is 25.1 Å². The number of aliphatic hydroxyl groups is 1. The van der Waals surface area contributed by atoms with Crippen molar-refractivity contribution in [2.45, 2.75) is 33.2 Å². The van der Waals surface area contributed by atoms with Gasteiger partial charge < -0.3 is 20.9 Å². The average molecular weight is 265 g/mol. The highest BCUT2D eigenvalue weighted by Gasteiger charge is 2.12. The number of aliphatic hydroxyl groups excluding tert-OH is 1. The number of hydrogen-bond acceptors (Lipinski definition) is 4. The molecule has 0 amide bonds. The van der Waals surface area contributed by atoms with Crippen LogP contribution in [-0.2, 0) is 0 Å². The van der Waals surface area contributed by atoms with Gasteiger partial charge in [-0.15, -0.1) is 0 Å². The van der Waals surface area contributed by atoms with Crippen molar-refractivity contribution in [1.29, 1.82) is 0 Å². The van der Waals surface area contributed by atoms with Crippen LogP contribution >= 0.6 is 0 Å². The van der Waals surface area contributed by atoms with Gasteiger partial charge in [-0.3, -0.25) is 0 Å². The SMILES string of the molecule is Cc1cc(N(CCCO)C(C)C)ccc1/C(N)=N/O. The van der Waals surface area contributed by atoms with Gasteiger partial charge in [0.1, 0.15) is 0 Å². The van der Waals surface area contributed by atoms with Crippen molar-refractivity contribution in [1.82, 2.24) is 0 Å². The first-order valence-corrected chi connectivity index (χ1v) is 6.47. The van der Waals surface area contributed by atoms with Crippen LogP contribution in [0.15, 0.2) is 23.4 Å². The maximum Gasteiger partial charge on any atom is 0.170 e. The summed E-state index contributed by atoms with van der Waals surface area (Å²) in [6.07, 6.45) is 0.735. The second-order valence-corrected chi connectivity index (χ2v) is 4.85. The highest BCUT2D eigenvalue weighted by atomic mass is 16.4. The van der Waals surface area contributed by atoms with Crippen LogP contribution in [0.2, 0.25) is 0 Å². The lowest BCUT2D eigenvalue weighted by Gasteiger charge is -2.29. The summed E-state index contributed by atoms with van der Waals surface area (Å²) < 4.78 is 0. The topological polar surface area (TPSA) is 82.1 Å². The summed E-state index contributed by atoms with van der Waals surface area (Å²) in [6.45, 7) is 7.15. The highest BCUT2D eigenvalue weighted by Crippen LogP contribution is 2.21. The Balaban J connectivity index is 3.03. The molecule has 0 spiro atoms. The number of hydrogen-bond donors (Lipinski definition) is 3. The molecule has 0 heterocycles. The fourth-order valence-corrected chi connectivity index (χ4v) is 2.09. The Labute approximate surface area is 114 Å². The Bertz CT molecular complexity index is 444. The summed E-state index contributed by atoms with van der Waals surface area (Å²) in [5, 5.41) is 20.7. The lowest BCUT2D eigenvalue weighted by atomic mass is 10.1. The molecule has 0 fully saturated rings. The monoisotopic (exact) mass is 265 g/mol. The summed E-state index contributed by atoms with van der Waals surface area (Å²) in [4.78, 5) is 2.22. The van der Waals surface area contributed by atoms with Crippen molar-refractivity contribution in [3.8, 4) is 0 Å². The van der Waals surface area contributed by atoms with E-state index in [1.54, 1.807) is 0 Å². The van der Waals surface area contributed by atoms with Crippen molar-refractivity contribution >= 4 is 11.5 Å². The molecule has 0 aliphatic carbocycles. The normalized spacial score (nSPS) is 11.9. The molecule has 1 aromatic rings. The van der Waals surface area contributed by atoms with E-state index in [0.29, 0.717) is 6.04 Å². The number of anilines is 1. The van der Waals surface area contributed by atoms with Gasteiger partial charge >= 0.3 is 0 Å². The Morgan fingerprint density at radius 1 is 1.42 bits per heavy atom. The number of benzene rings is 1. The first-order chi connectivity index (χ1) is 9.01. The van der Waals surface area contributed by atoms with Crippen LogP contribution in [0, 0.1) is 6.92 Å². The number of rotatable bonds is 6. The second kappa shape index (κ2) is 6.99. The van der Waals surface area contributed by atoms with E-state index in [4.69, 9.17) is 16.0 Å². The summed E-state index contributed by atoms with van der Waals surface area (Å²) in [5.41, 5.74) is 8.39.